The maximum absolute atomic E-state index is 4.68. The number of nitrogens with one attached hydrogen (secondary N) is 1. The predicted octanol–water partition coefficient (Wildman–Crippen LogP) is 2.87. The van der Waals surface area contributed by atoms with E-state index in [1.165, 1.54) is 22.7 Å². The molecule has 2 aromatic heterocycles. The third-order valence-corrected chi connectivity index (χ3v) is 3.66. The molecule has 0 amide bonds. The molecule has 0 bridgehead atoms. The highest BCUT2D eigenvalue weighted by molar-refractivity contribution is 7.14. The van der Waals surface area contributed by atoms with Gasteiger partial charge in [-0.2, -0.15) is 0 Å². The van der Waals surface area contributed by atoms with Crippen molar-refractivity contribution in [1.82, 2.24) is 9.97 Å². The van der Waals surface area contributed by atoms with Gasteiger partial charge in [-0.15, -0.1) is 11.3 Å². The summed E-state index contributed by atoms with van der Waals surface area (Å²) in [6.07, 6.45) is 4.14. The molecule has 1 aliphatic heterocycles. The topological polar surface area (TPSA) is 37.8 Å². The van der Waals surface area contributed by atoms with E-state index in [4.69, 9.17) is 0 Å². The molecule has 1 N–H and O–H groups in total. The second kappa shape index (κ2) is 3.87. The molecule has 3 rings (SSSR count). The summed E-state index contributed by atoms with van der Waals surface area (Å²) in [6.45, 7) is 3.13. The Morgan fingerprint density at radius 2 is 2.31 bits per heavy atom. The molecule has 16 heavy (non-hydrogen) atoms. The van der Waals surface area contributed by atoms with Crippen LogP contribution in [-0.4, -0.2) is 16.5 Å². The molecule has 0 atom stereocenters. The van der Waals surface area contributed by atoms with Gasteiger partial charge in [-0.3, -0.25) is 0 Å². The van der Waals surface area contributed by atoms with Crippen molar-refractivity contribution < 1.29 is 0 Å². The Labute approximate surface area is 98.6 Å². The second-order valence-corrected chi connectivity index (χ2v) is 5.23. The number of fused-ring (bicyclic) bond motifs is 1. The van der Waals surface area contributed by atoms with Crippen molar-refractivity contribution >= 4 is 17.0 Å². The third kappa shape index (κ3) is 1.69. The summed E-state index contributed by atoms with van der Waals surface area (Å²) in [7, 11) is 0. The average Bonchev–Trinajstić information content (AvgIpc) is 2.75. The maximum atomic E-state index is 4.68. The van der Waals surface area contributed by atoms with Crippen molar-refractivity contribution in [2.75, 3.05) is 11.9 Å². The fourth-order valence-corrected chi connectivity index (χ4v) is 2.66. The van der Waals surface area contributed by atoms with Crippen molar-refractivity contribution in [2.45, 2.75) is 19.8 Å². The van der Waals surface area contributed by atoms with Crippen LogP contribution < -0.4 is 5.32 Å². The van der Waals surface area contributed by atoms with E-state index in [9.17, 15) is 0 Å². The molecule has 82 valence electrons. The monoisotopic (exact) mass is 231 g/mol. The number of anilines is 1. The van der Waals surface area contributed by atoms with Crippen molar-refractivity contribution in [3.05, 3.63) is 28.9 Å². The third-order valence-electron chi connectivity index (χ3n) is 2.72. The van der Waals surface area contributed by atoms with Crippen LogP contribution in [0.4, 0.5) is 5.69 Å². The minimum Gasteiger partial charge on any atom is -0.384 e. The van der Waals surface area contributed by atoms with Crippen LogP contribution in [0.1, 0.15) is 17.0 Å². The van der Waals surface area contributed by atoms with Gasteiger partial charge >= 0.3 is 0 Å². The number of thiazole rings is 1. The predicted molar refractivity (Wildman–Crippen MR) is 66.9 cm³/mol. The number of aromatic nitrogens is 2. The molecular formula is C12H13N3S. The van der Waals surface area contributed by atoms with Crippen LogP contribution in [-0.2, 0) is 6.42 Å². The zero-order chi connectivity index (χ0) is 11.0. The van der Waals surface area contributed by atoms with Crippen LogP contribution >= 0.6 is 11.3 Å². The Balaban J connectivity index is 2.02. The number of rotatable bonds is 1. The first kappa shape index (κ1) is 9.78. The van der Waals surface area contributed by atoms with Gasteiger partial charge in [0.15, 0.2) is 0 Å². The first-order valence-electron chi connectivity index (χ1n) is 5.49. The number of nitrogens with zero attached hydrogens (tertiary/aromatic N) is 2. The molecule has 0 saturated heterocycles. The zero-order valence-corrected chi connectivity index (χ0v) is 9.97. The van der Waals surface area contributed by atoms with Gasteiger partial charge in [0.1, 0.15) is 5.01 Å². The lowest BCUT2D eigenvalue weighted by atomic mass is 10.1. The van der Waals surface area contributed by atoms with Crippen LogP contribution in [0.3, 0.4) is 0 Å². The van der Waals surface area contributed by atoms with Gasteiger partial charge in [-0.25, -0.2) is 9.97 Å². The number of hydrogen-bond acceptors (Lipinski definition) is 4. The molecule has 3 heterocycles. The van der Waals surface area contributed by atoms with Gasteiger partial charge in [0.2, 0.25) is 0 Å². The van der Waals surface area contributed by atoms with E-state index in [2.05, 4.69) is 34.3 Å². The van der Waals surface area contributed by atoms with Crippen LogP contribution in [0.25, 0.3) is 10.7 Å². The summed E-state index contributed by atoms with van der Waals surface area (Å²) >= 11 is 1.70. The zero-order valence-electron chi connectivity index (χ0n) is 9.16. The van der Waals surface area contributed by atoms with E-state index in [0.717, 1.165) is 23.7 Å². The fourth-order valence-electron chi connectivity index (χ4n) is 1.92. The van der Waals surface area contributed by atoms with Gasteiger partial charge in [-0.1, -0.05) is 0 Å². The van der Waals surface area contributed by atoms with Crippen molar-refractivity contribution in [3.8, 4) is 10.7 Å². The van der Waals surface area contributed by atoms with Crippen molar-refractivity contribution in [1.29, 1.82) is 0 Å². The highest BCUT2D eigenvalue weighted by Gasteiger charge is 2.12. The summed E-state index contributed by atoms with van der Waals surface area (Å²) in [5.41, 5.74) is 3.36. The molecule has 0 saturated carbocycles. The number of aryl methyl sites for hydroxylation is 2. The van der Waals surface area contributed by atoms with Crippen LogP contribution in [0, 0.1) is 6.92 Å². The Morgan fingerprint density at radius 3 is 3.12 bits per heavy atom. The van der Waals surface area contributed by atoms with E-state index in [0.29, 0.717) is 0 Å². The molecule has 0 radical (unpaired) electrons. The summed E-state index contributed by atoms with van der Waals surface area (Å²) < 4.78 is 0. The first-order chi connectivity index (χ1) is 7.83. The van der Waals surface area contributed by atoms with E-state index in [-0.39, 0.29) is 0 Å². The normalized spacial score (nSPS) is 14.3. The van der Waals surface area contributed by atoms with E-state index >= 15 is 0 Å². The lowest BCUT2D eigenvalue weighted by Gasteiger charge is -2.16. The van der Waals surface area contributed by atoms with Crippen molar-refractivity contribution in [3.63, 3.8) is 0 Å². The first-order valence-corrected chi connectivity index (χ1v) is 6.31. The van der Waals surface area contributed by atoms with Gasteiger partial charge in [0, 0.05) is 17.6 Å². The van der Waals surface area contributed by atoms with E-state index in [1.807, 2.05) is 6.20 Å². The molecule has 0 spiro atoms. The highest BCUT2D eigenvalue weighted by Crippen LogP contribution is 2.27. The van der Waals surface area contributed by atoms with Gasteiger partial charge < -0.3 is 5.32 Å². The van der Waals surface area contributed by atoms with Gasteiger partial charge in [-0.05, 0) is 31.9 Å². The molecule has 4 heteroatoms. The summed E-state index contributed by atoms with van der Waals surface area (Å²) in [4.78, 5) is 10.3. The van der Waals surface area contributed by atoms with Crippen molar-refractivity contribution in [2.24, 2.45) is 0 Å². The minimum absolute atomic E-state index is 1.00. The molecular weight excluding hydrogens is 218 g/mol. The lowest BCUT2D eigenvalue weighted by Crippen LogP contribution is -2.13. The van der Waals surface area contributed by atoms with Gasteiger partial charge in [0.25, 0.3) is 0 Å². The minimum atomic E-state index is 1.00. The molecule has 1 aliphatic rings. The Kier molecular flexibility index (Phi) is 2.36. The maximum Gasteiger partial charge on any atom is 0.142 e. The second-order valence-electron chi connectivity index (χ2n) is 4.00. The quantitative estimate of drug-likeness (QED) is 0.820. The molecule has 0 aliphatic carbocycles. The summed E-state index contributed by atoms with van der Waals surface area (Å²) in [5.74, 6) is 0. The summed E-state index contributed by atoms with van der Waals surface area (Å²) in [5, 5.41) is 4.39. The lowest BCUT2D eigenvalue weighted by molar-refractivity contribution is 0.803. The van der Waals surface area contributed by atoms with Crippen LogP contribution in [0.5, 0.6) is 0 Å². The molecule has 0 aromatic carbocycles. The van der Waals surface area contributed by atoms with Crippen LogP contribution in [0.15, 0.2) is 18.3 Å². The van der Waals surface area contributed by atoms with E-state index < -0.39 is 0 Å². The molecule has 0 fully saturated rings. The van der Waals surface area contributed by atoms with Crippen LogP contribution in [0.2, 0.25) is 0 Å². The Bertz CT molecular complexity index is 519. The number of hydrogen-bond donors (Lipinski definition) is 1. The Morgan fingerprint density at radius 1 is 1.38 bits per heavy atom. The highest BCUT2D eigenvalue weighted by atomic mass is 32.1. The van der Waals surface area contributed by atoms with Gasteiger partial charge in [0.05, 0.1) is 17.1 Å². The standard InChI is InChI=1S/C12H13N3S/c1-8-7-14-12(16-8)11-5-4-9-10(15-11)3-2-6-13-9/h4-5,7,13H,2-3,6H2,1H3. The number of pyridine rings is 1. The SMILES string of the molecule is Cc1cnc(-c2ccc3c(n2)CCCN3)s1. The molecule has 2 aromatic rings. The van der Waals surface area contributed by atoms with E-state index in [1.54, 1.807) is 11.3 Å². The fraction of sp³-hybridized carbons (Fsp3) is 0.333. The average molecular weight is 231 g/mol. The largest absolute Gasteiger partial charge is 0.384 e. The Hall–Kier alpha value is -1.42. The molecule has 3 nitrogen and oxygen atoms in total. The summed E-state index contributed by atoms with van der Waals surface area (Å²) in [6, 6.07) is 4.17. The smallest absolute Gasteiger partial charge is 0.142 e. The molecule has 0 unspecified atom stereocenters.